The zero-order chi connectivity index (χ0) is 17.1. The van der Waals surface area contributed by atoms with Crippen molar-refractivity contribution in [3.05, 3.63) is 56.9 Å². The van der Waals surface area contributed by atoms with Crippen molar-refractivity contribution in [3.8, 4) is 22.3 Å². The molecule has 0 spiro atoms. The summed E-state index contributed by atoms with van der Waals surface area (Å²) in [5.74, 6) is -0.395. The highest BCUT2D eigenvalue weighted by atomic mass is 32.1. The van der Waals surface area contributed by atoms with Crippen LogP contribution < -0.4 is 0 Å². The predicted octanol–water partition coefficient (Wildman–Crippen LogP) is 5.52. The number of ketones is 1. The number of hydrogen-bond acceptors (Lipinski definition) is 5. The smallest absolute Gasteiger partial charge is 0.338 e. The molecule has 24 heavy (non-hydrogen) atoms. The van der Waals surface area contributed by atoms with Gasteiger partial charge in [-0.15, -0.1) is 0 Å². The van der Waals surface area contributed by atoms with E-state index in [1.807, 2.05) is 39.7 Å². The van der Waals surface area contributed by atoms with Gasteiger partial charge in [-0.05, 0) is 81.9 Å². The summed E-state index contributed by atoms with van der Waals surface area (Å²) in [5, 5.41) is 7.84. The second-order valence-corrected chi connectivity index (χ2v) is 6.80. The fourth-order valence-electron chi connectivity index (χ4n) is 2.58. The van der Waals surface area contributed by atoms with Gasteiger partial charge < -0.3 is 4.74 Å². The molecule has 0 aliphatic rings. The van der Waals surface area contributed by atoms with Gasteiger partial charge in [0.05, 0.1) is 12.2 Å². The van der Waals surface area contributed by atoms with E-state index in [9.17, 15) is 9.59 Å². The number of carbonyl (C=O) groups is 2. The Kier molecular flexibility index (Phi) is 4.92. The molecule has 0 bridgehead atoms. The van der Waals surface area contributed by atoms with Crippen molar-refractivity contribution >= 4 is 34.4 Å². The summed E-state index contributed by atoms with van der Waals surface area (Å²) in [7, 11) is 0. The van der Waals surface area contributed by atoms with Crippen LogP contribution in [0.1, 0.15) is 34.6 Å². The minimum atomic E-state index is -0.370. The summed E-state index contributed by atoms with van der Waals surface area (Å²) in [6.07, 6.45) is 0. The number of hydrogen-bond donors (Lipinski definition) is 0. The van der Waals surface area contributed by atoms with E-state index in [0.29, 0.717) is 17.7 Å². The van der Waals surface area contributed by atoms with E-state index in [4.69, 9.17) is 4.74 Å². The molecule has 3 nitrogen and oxygen atoms in total. The highest BCUT2D eigenvalue weighted by Gasteiger charge is 2.20. The van der Waals surface area contributed by atoms with Crippen LogP contribution in [0.3, 0.4) is 0 Å². The number of rotatable bonds is 5. The second kappa shape index (κ2) is 7.11. The van der Waals surface area contributed by atoms with Gasteiger partial charge in [0.15, 0.2) is 5.78 Å². The number of benzene rings is 1. The van der Waals surface area contributed by atoms with Crippen LogP contribution in [0.4, 0.5) is 0 Å². The fraction of sp³-hybridized carbons (Fsp3) is 0.158. The van der Waals surface area contributed by atoms with Crippen molar-refractivity contribution in [2.24, 2.45) is 0 Å². The van der Waals surface area contributed by atoms with Crippen LogP contribution in [0.15, 0.2) is 45.8 Å². The lowest BCUT2D eigenvalue weighted by Gasteiger charge is -2.14. The van der Waals surface area contributed by atoms with E-state index in [2.05, 4.69) is 0 Å². The SMILES string of the molecule is CCOC(=O)c1cc(-c2ccsc2)c(C(C)=O)cc1-c1ccsc1. The van der Waals surface area contributed by atoms with Crippen LogP contribution in [0.5, 0.6) is 0 Å². The summed E-state index contributed by atoms with van der Waals surface area (Å²) < 4.78 is 5.22. The zero-order valence-electron chi connectivity index (χ0n) is 13.4. The second-order valence-electron chi connectivity index (χ2n) is 5.24. The van der Waals surface area contributed by atoms with Gasteiger partial charge in [-0.25, -0.2) is 4.79 Å². The van der Waals surface area contributed by atoms with Gasteiger partial charge in [-0.1, -0.05) is 0 Å². The van der Waals surface area contributed by atoms with E-state index in [1.54, 1.807) is 42.6 Å². The number of Topliss-reactive ketones (excluding diaryl/α,β-unsaturated/α-hetero) is 1. The van der Waals surface area contributed by atoms with Gasteiger partial charge in [-0.3, -0.25) is 4.79 Å². The number of thiophene rings is 2. The Hall–Kier alpha value is -2.24. The van der Waals surface area contributed by atoms with E-state index >= 15 is 0 Å². The number of ether oxygens (including phenoxy) is 1. The molecule has 2 aromatic heterocycles. The summed E-state index contributed by atoms with van der Waals surface area (Å²) in [6.45, 7) is 3.64. The topological polar surface area (TPSA) is 43.4 Å². The third kappa shape index (κ3) is 3.18. The molecule has 0 atom stereocenters. The van der Waals surface area contributed by atoms with Gasteiger partial charge in [0.25, 0.3) is 0 Å². The first-order chi connectivity index (χ1) is 11.6. The summed E-state index contributed by atoms with van der Waals surface area (Å²) in [4.78, 5) is 24.6. The van der Waals surface area contributed by atoms with Gasteiger partial charge in [0.2, 0.25) is 0 Å². The molecule has 0 unspecified atom stereocenters. The minimum absolute atomic E-state index is 0.0249. The van der Waals surface area contributed by atoms with E-state index in [0.717, 1.165) is 22.3 Å². The monoisotopic (exact) mass is 356 g/mol. The lowest BCUT2D eigenvalue weighted by atomic mass is 9.91. The standard InChI is InChI=1S/C19H16O3S2/c1-3-22-19(21)18-9-16(13-4-6-23-10-13)15(12(2)20)8-17(18)14-5-7-24-11-14/h4-11H,3H2,1-2H3. The van der Waals surface area contributed by atoms with Gasteiger partial charge >= 0.3 is 5.97 Å². The highest BCUT2D eigenvalue weighted by molar-refractivity contribution is 7.08. The largest absolute Gasteiger partial charge is 0.462 e. The Balaban J connectivity index is 2.27. The molecule has 2 heterocycles. The third-order valence-corrected chi connectivity index (χ3v) is 5.06. The average Bonchev–Trinajstić information content (AvgIpc) is 3.27. The normalized spacial score (nSPS) is 10.6. The fourth-order valence-corrected chi connectivity index (χ4v) is 3.89. The van der Waals surface area contributed by atoms with Crippen LogP contribution in [0, 0.1) is 0 Å². The van der Waals surface area contributed by atoms with Crippen LogP contribution >= 0.6 is 22.7 Å². The first kappa shape index (κ1) is 16.6. The lowest BCUT2D eigenvalue weighted by molar-refractivity contribution is 0.0527. The molecular formula is C19H16O3S2. The molecule has 0 aliphatic heterocycles. The molecule has 1 aromatic carbocycles. The van der Waals surface area contributed by atoms with Crippen molar-refractivity contribution in [3.63, 3.8) is 0 Å². The van der Waals surface area contributed by atoms with Gasteiger partial charge in [0, 0.05) is 5.56 Å². The molecule has 0 saturated heterocycles. The van der Waals surface area contributed by atoms with E-state index in [1.165, 1.54) is 0 Å². The van der Waals surface area contributed by atoms with E-state index in [-0.39, 0.29) is 11.8 Å². The highest BCUT2D eigenvalue weighted by Crippen LogP contribution is 2.35. The first-order valence-electron chi connectivity index (χ1n) is 7.53. The maximum absolute atomic E-state index is 12.5. The van der Waals surface area contributed by atoms with Crippen molar-refractivity contribution in [2.45, 2.75) is 13.8 Å². The summed E-state index contributed by atoms with van der Waals surface area (Å²) >= 11 is 3.10. The zero-order valence-corrected chi connectivity index (χ0v) is 15.0. The van der Waals surface area contributed by atoms with Crippen LogP contribution in [0.25, 0.3) is 22.3 Å². The molecule has 3 aromatic rings. The molecule has 122 valence electrons. The van der Waals surface area contributed by atoms with Crippen molar-refractivity contribution in [1.29, 1.82) is 0 Å². The summed E-state index contributed by atoms with van der Waals surface area (Å²) in [5.41, 5.74) is 4.46. The third-order valence-electron chi connectivity index (χ3n) is 3.70. The van der Waals surface area contributed by atoms with E-state index < -0.39 is 0 Å². The molecule has 0 radical (unpaired) electrons. The van der Waals surface area contributed by atoms with Crippen molar-refractivity contribution < 1.29 is 14.3 Å². The Labute approximate surface area is 148 Å². The van der Waals surface area contributed by atoms with Crippen LogP contribution in [-0.2, 0) is 4.74 Å². The number of esters is 1. The maximum Gasteiger partial charge on any atom is 0.338 e. The Morgan fingerprint density at radius 2 is 1.50 bits per heavy atom. The lowest BCUT2D eigenvalue weighted by Crippen LogP contribution is -2.09. The first-order valence-corrected chi connectivity index (χ1v) is 9.41. The molecule has 0 saturated carbocycles. The average molecular weight is 356 g/mol. The molecular weight excluding hydrogens is 340 g/mol. The Morgan fingerprint density at radius 3 is 1.96 bits per heavy atom. The van der Waals surface area contributed by atoms with Gasteiger partial charge in [-0.2, -0.15) is 22.7 Å². The molecule has 0 N–H and O–H groups in total. The van der Waals surface area contributed by atoms with Crippen LogP contribution in [-0.4, -0.2) is 18.4 Å². The van der Waals surface area contributed by atoms with Crippen molar-refractivity contribution in [2.75, 3.05) is 6.61 Å². The Bertz CT molecular complexity index is 862. The molecule has 3 rings (SSSR count). The van der Waals surface area contributed by atoms with Crippen molar-refractivity contribution in [1.82, 2.24) is 0 Å². The van der Waals surface area contributed by atoms with Crippen LogP contribution in [0.2, 0.25) is 0 Å². The molecule has 5 heteroatoms. The predicted molar refractivity (Wildman–Crippen MR) is 99.0 cm³/mol. The quantitative estimate of drug-likeness (QED) is 0.446. The van der Waals surface area contributed by atoms with Gasteiger partial charge in [0.1, 0.15) is 0 Å². The molecule has 0 aliphatic carbocycles. The Morgan fingerprint density at radius 1 is 0.958 bits per heavy atom. The minimum Gasteiger partial charge on any atom is -0.462 e. The summed E-state index contributed by atoms with van der Waals surface area (Å²) in [6, 6.07) is 7.48. The number of carbonyl (C=O) groups excluding carboxylic acids is 2. The maximum atomic E-state index is 12.5. The molecule has 0 fully saturated rings. The molecule has 0 amide bonds.